The summed E-state index contributed by atoms with van der Waals surface area (Å²) in [5.41, 5.74) is 1.93. The molecule has 0 aliphatic heterocycles. The van der Waals surface area contributed by atoms with Crippen LogP contribution in [0.1, 0.15) is 52.7 Å². The van der Waals surface area contributed by atoms with Gasteiger partial charge in [0.15, 0.2) is 0 Å². The molecule has 2 aromatic carbocycles. The van der Waals surface area contributed by atoms with E-state index in [9.17, 15) is 9.59 Å². The molecule has 0 spiro atoms. The van der Waals surface area contributed by atoms with Crippen LogP contribution >= 0.6 is 0 Å². The SMILES string of the molecule is COC(=O)c1cnc(Cc2ccc(C(=O)OC(C)(C)C)c(OC)c2)c2ccccc12. The second-order valence-corrected chi connectivity index (χ2v) is 7.87. The predicted molar refractivity (Wildman–Crippen MR) is 114 cm³/mol. The monoisotopic (exact) mass is 407 g/mol. The van der Waals surface area contributed by atoms with E-state index in [1.165, 1.54) is 20.4 Å². The lowest BCUT2D eigenvalue weighted by Gasteiger charge is -2.20. The van der Waals surface area contributed by atoms with Gasteiger partial charge in [-0.2, -0.15) is 0 Å². The molecule has 1 heterocycles. The van der Waals surface area contributed by atoms with Crippen molar-refractivity contribution in [3.8, 4) is 5.75 Å². The molecule has 0 unspecified atom stereocenters. The number of hydrogen-bond acceptors (Lipinski definition) is 6. The van der Waals surface area contributed by atoms with Gasteiger partial charge in [0.05, 0.1) is 25.5 Å². The average molecular weight is 407 g/mol. The van der Waals surface area contributed by atoms with Crippen LogP contribution < -0.4 is 4.74 Å². The largest absolute Gasteiger partial charge is 0.496 e. The van der Waals surface area contributed by atoms with Crippen LogP contribution in [0.15, 0.2) is 48.7 Å². The van der Waals surface area contributed by atoms with Crippen LogP contribution in [0.4, 0.5) is 0 Å². The molecule has 1 aromatic heterocycles. The van der Waals surface area contributed by atoms with Gasteiger partial charge in [-0.3, -0.25) is 4.98 Å². The van der Waals surface area contributed by atoms with Gasteiger partial charge in [-0.15, -0.1) is 0 Å². The van der Waals surface area contributed by atoms with Gasteiger partial charge in [0.1, 0.15) is 16.9 Å². The minimum absolute atomic E-state index is 0.370. The highest BCUT2D eigenvalue weighted by Crippen LogP contribution is 2.27. The summed E-state index contributed by atoms with van der Waals surface area (Å²) in [6, 6.07) is 12.9. The maximum Gasteiger partial charge on any atom is 0.342 e. The third-order valence-corrected chi connectivity index (χ3v) is 4.54. The average Bonchev–Trinajstić information content (AvgIpc) is 2.72. The Balaban J connectivity index is 1.96. The van der Waals surface area contributed by atoms with Crippen molar-refractivity contribution in [1.82, 2.24) is 4.98 Å². The summed E-state index contributed by atoms with van der Waals surface area (Å²) in [4.78, 5) is 29.0. The molecule has 0 saturated heterocycles. The molecule has 0 aliphatic carbocycles. The van der Waals surface area contributed by atoms with E-state index in [-0.39, 0.29) is 0 Å². The number of rotatable bonds is 5. The van der Waals surface area contributed by atoms with Crippen molar-refractivity contribution in [2.45, 2.75) is 32.8 Å². The summed E-state index contributed by atoms with van der Waals surface area (Å²) in [5.74, 6) is -0.414. The normalized spacial score (nSPS) is 11.2. The van der Waals surface area contributed by atoms with Gasteiger partial charge >= 0.3 is 11.9 Å². The third kappa shape index (κ3) is 4.59. The second kappa shape index (κ2) is 8.53. The first-order valence-corrected chi connectivity index (χ1v) is 9.58. The molecule has 3 aromatic rings. The highest BCUT2D eigenvalue weighted by atomic mass is 16.6. The minimum Gasteiger partial charge on any atom is -0.496 e. The Kier molecular flexibility index (Phi) is 6.06. The summed E-state index contributed by atoms with van der Waals surface area (Å²) in [6.45, 7) is 5.46. The molecule has 0 amide bonds. The second-order valence-electron chi connectivity index (χ2n) is 7.87. The number of fused-ring (bicyclic) bond motifs is 1. The highest BCUT2D eigenvalue weighted by Gasteiger charge is 2.21. The molecular weight excluding hydrogens is 382 g/mol. The number of ether oxygens (including phenoxy) is 3. The van der Waals surface area contributed by atoms with Crippen LogP contribution in [0.2, 0.25) is 0 Å². The van der Waals surface area contributed by atoms with Gasteiger partial charge in [0, 0.05) is 18.0 Å². The van der Waals surface area contributed by atoms with Crippen molar-refractivity contribution in [2.24, 2.45) is 0 Å². The molecule has 0 aliphatic rings. The fourth-order valence-corrected chi connectivity index (χ4v) is 3.21. The van der Waals surface area contributed by atoms with E-state index in [0.29, 0.717) is 23.3 Å². The molecule has 30 heavy (non-hydrogen) atoms. The van der Waals surface area contributed by atoms with Crippen molar-refractivity contribution in [1.29, 1.82) is 0 Å². The number of methoxy groups -OCH3 is 2. The van der Waals surface area contributed by atoms with Crippen molar-refractivity contribution in [3.05, 3.63) is 71.0 Å². The summed E-state index contributed by atoms with van der Waals surface area (Å²) in [5, 5.41) is 1.65. The van der Waals surface area contributed by atoms with Gasteiger partial charge < -0.3 is 14.2 Å². The lowest BCUT2D eigenvalue weighted by atomic mass is 9.99. The van der Waals surface area contributed by atoms with Crippen molar-refractivity contribution < 1.29 is 23.8 Å². The quantitative estimate of drug-likeness (QED) is 0.577. The Morgan fingerprint density at radius 2 is 1.63 bits per heavy atom. The number of nitrogens with zero attached hydrogens (tertiary/aromatic N) is 1. The molecule has 0 bridgehead atoms. The topological polar surface area (TPSA) is 74.7 Å². The molecular formula is C24H25NO5. The summed E-state index contributed by atoms with van der Waals surface area (Å²) >= 11 is 0. The molecule has 0 atom stereocenters. The van der Waals surface area contributed by atoms with E-state index in [4.69, 9.17) is 14.2 Å². The van der Waals surface area contributed by atoms with Crippen LogP contribution in [-0.2, 0) is 15.9 Å². The third-order valence-electron chi connectivity index (χ3n) is 4.54. The van der Waals surface area contributed by atoms with Crippen LogP contribution in [-0.4, -0.2) is 36.7 Å². The van der Waals surface area contributed by atoms with Crippen molar-refractivity contribution >= 4 is 22.7 Å². The van der Waals surface area contributed by atoms with Crippen LogP contribution in [0, 0.1) is 0 Å². The molecule has 156 valence electrons. The van der Waals surface area contributed by atoms with Crippen molar-refractivity contribution in [3.63, 3.8) is 0 Å². The van der Waals surface area contributed by atoms with E-state index < -0.39 is 17.5 Å². The summed E-state index contributed by atoms with van der Waals surface area (Å²) < 4.78 is 15.7. The number of carbonyl (C=O) groups excluding carboxylic acids is 2. The van der Waals surface area contributed by atoms with Gasteiger partial charge in [0.2, 0.25) is 0 Å². The fraction of sp³-hybridized carbons (Fsp3) is 0.292. The first-order chi connectivity index (χ1) is 14.2. The van der Waals surface area contributed by atoms with Crippen LogP contribution in [0.5, 0.6) is 5.75 Å². The Bertz CT molecular complexity index is 1100. The molecule has 6 heteroatoms. The Hall–Kier alpha value is -3.41. The van der Waals surface area contributed by atoms with E-state index >= 15 is 0 Å². The maximum absolute atomic E-state index is 12.5. The zero-order valence-corrected chi connectivity index (χ0v) is 17.8. The number of carbonyl (C=O) groups is 2. The number of aromatic nitrogens is 1. The summed E-state index contributed by atoms with van der Waals surface area (Å²) in [6.07, 6.45) is 2.04. The molecule has 3 rings (SSSR count). The number of hydrogen-bond donors (Lipinski definition) is 0. The predicted octanol–water partition coefficient (Wildman–Crippen LogP) is 4.58. The number of esters is 2. The summed E-state index contributed by atoms with van der Waals surface area (Å²) in [7, 11) is 2.87. The van der Waals surface area contributed by atoms with Gasteiger partial charge in [-0.1, -0.05) is 30.3 Å². The van der Waals surface area contributed by atoms with Gasteiger partial charge in [-0.05, 0) is 43.9 Å². The smallest absolute Gasteiger partial charge is 0.342 e. The lowest BCUT2D eigenvalue weighted by molar-refractivity contribution is 0.00663. The van der Waals surface area contributed by atoms with E-state index in [1.807, 2.05) is 57.2 Å². The van der Waals surface area contributed by atoms with E-state index in [0.717, 1.165) is 22.0 Å². The first kappa shape index (κ1) is 21.3. The Morgan fingerprint density at radius 1 is 0.933 bits per heavy atom. The molecule has 0 saturated carbocycles. The van der Waals surface area contributed by atoms with Gasteiger partial charge in [-0.25, -0.2) is 9.59 Å². The minimum atomic E-state index is -0.592. The zero-order chi connectivity index (χ0) is 21.9. The van der Waals surface area contributed by atoms with Gasteiger partial charge in [0.25, 0.3) is 0 Å². The Morgan fingerprint density at radius 3 is 2.27 bits per heavy atom. The Labute approximate surface area is 175 Å². The highest BCUT2D eigenvalue weighted by molar-refractivity contribution is 6.04. The first-order valence-electron chi connectivity index (χ1n) is 9.58. The molecule has 0 radical (unpaired) electrons. The van der Waals surface area contributed by atoms with E-state index in [1.54, 1.807) is 6.07 Å². The maximum atomic E-state index is 12.5. The van der Waals surface area contributed by atoms with E-state index in [2.05, 4.69) is 4.98 Å². The van der Waals surface area contributed by atoms with Crippen LogP contribution in [0.3, 0.4) is 0 Å². The van der Waals surface area contributed by atoms with Crippen molar-refractivity contribution in [2.75, 3.05) is 14.2 Å². The number of benzene rings is 2. The van der Waals surface area contributed by atoms with Crippen LogP contribution in [0.25, 0.3) is 10.8 Å². The fourth-order valence-electron chi connectivity index (χ4n) is 3.21. The zero-order valence-electron chi connectivity index (χ0n) is 17.8. The standard InChI is InChI=1S/C24H25NO5/c1-24(2,3)30-23(27)18-11-10-15(13-21(18)28-4)12-20-17-9-7-6-8-16(17)19(14-25-20)22(26)29-5/h6-11,13-14H,12H2,1-5H3. The molecule has 6 nitrogen and oxygen atoms in total. The number of pyridine rings is 1. The lowest BCUT2D eigenvalue weighted by Crippen LogP contribution is -2.24. The molecule has 0 N–H and O–H groups in total. The molecule has 0 fully saturated rings.